The van der Waals surface area contributed by atoms with Crippen LogP contribution in [0.3, 0.4) is 0 Å². The maximum absolute atomic E-state index is 12.4. The number of carboxylic acids is 1. The fraction of sp³-hybridized carbons (Fsp3) is 0.214. The van der Waals surface area contributed by atoms with Crippen molar-refractivity contribution < 1.29 is 14.7 Å². The molecule has 104 valence electrons. The van der Waals surface area contributed by atoms with Crippen LogP contribution < -0.4 is 0 Å². The molecule has 0 unspecified atom stereocenters. The number of carbonyl (C=O) groups excluding carboxylic acids is 1. The van der Waals surface area contributed by atoms with Crippen molar-refractivity contribution in [1.82, 2.24) is 14.7 Å². The number of amides is 1. The molecule has 0 fully saturated rings. The van der Waals surface area contributed by atoms with Gasteiger partial charge in [0.2, 0.25) is 0 Å². The molecule has 1 amide bonds. The largest absolute Gasteiger partial charge is 0.480 e. The highest BCUT2D eigenvalue weighted by atomic mass is 16.4. The van der Waals surface area contributed by atoms with Crippen molar-refractivity contribution in [3.63, 3.8) is 0 Å². The second kappa shape index (κ2) is 5.56. The standard InChI is InChI=1S/C14H15N3O3/c1-3-8-17(9-12(18)19)14(20)13-10-6-4-5-7-11(10)16(2)15-13/h3-7H,1,8-9H2,2H3,(H,18,19). The molecule has 0 spiro atoms. The van der Waals surface area contributed by atoms with E-state index >= 15 is 0 Å². The number of para-hydroxylation sites is 1. The average molecular weight is 273 g/mol. The number of fused-ring (bicyclic) bond motifs is 1. The monoisotopic (exact) mass is 273 g/mol. The molecule has 2 aromatic rings. The van der Waals surface area contributed by atoms with Crippen LogP contribution in [0.2, 0.25) is 0 Å². The Morgan fingerprint density at radius 2 is 2.15 bits per heavy atom. The van der Waals surface area contributed by atoms with Crippen molar-refractivity contribution in [1.29, 1.82) is 0 Å². The molecule has 6 nitrogen and oxygen atoms in total. The number of carbonyl (C=O) groups is 2. The minimum atomic E-state index is -1.07. The minimum absolute atomic E-state index is 0.163. The fourth-order valence-electron chi connectivity index (χ4n) is 2.06. The van der Waals surface area contributed by atoms with Gasteiger partial charge in [-0.1, -0.05) is 24.3 Å². The lowest BCUT2D eigenvalue weighted by Crippen LogP contribution is -2.36. The highest BCUT2D eigenvalue weighted by Gasteiger charge is 2.22. The first kappa shape index (κ1) is 13.8. The number of aromatic nitrogens is 2. The second-order valence-electron chi connectivity index (χ2n) is 4.36. The van der Waals surface area contributed by atoms with Crippen LogP contribution in [-0.2, 0) is 11.8 Å². The van der Waals surface area contributed by atoms with Crippen LogP contribution in [0, 0.1) is 0 Å². The summed E-state index contributed by atoms with van der Waals surface area (Å²) < 4.78 is 1.61. The van der Waals surface area contributed by atoms with Crippen LogP contribution in [0.1, 0.15) is 10.5 Å². The highest BCUT2D eigenvalue weighted by molar-refractivity contribution is 6.05. The third-order valence-corrected chi connectivity index (χ3v) is 2.92. The molecule has 20 heavy (non-hydrogen) atoms. The molecule has 6 heteroatoms. The molecule has 0 aliphatic heterocycles. The van der Waals surface area contributed by atoms with Gasteiger partial charge < -0.3 is 10.0 Å². The molecule has 0 aliphatic carbocycles. The van der Waals surface area contributed by atoms with Gasteiger partial charge >= 0.3 is 5.97 Å². The van der Waals surface area contributed by atoms with Gasteiger partial charge in [-0.3, -0.25) is 14.3 Å². The fourth-order valence-corrected chi connectivity index (χ4v) is 2.06. The predicted octanol–water partition coefficient (Wildman–Crippen LogP) is 1.29. The van der Waals surface area contributed by atoms with Crippen LogP contribution >= 0.6 is 0 Å². The average Bonchev–Trinajstić information content (AvgIpc) is 2.75. The Hall–Kier alpha value is -2.63. The molecule has 0 atom stereocenters. The zero-order valence-electron chi connectivity index (χ0n) is 11.1. The Balaban J connectivity index is 2.43. The number of hydrogen-bond donors (Lipinski definition) is 1. The van der Waals surface area contributed by atoms with Gasteiger partial charge in [-0.05, 0) is 6.07 Å². The third-order valence-electron chi connectivity index (χ3n) is 2.92. The molecule has 2 rings (SSSR count). The summed E-state index contributed by atoms with van der Waals surface area (Å²) >= 11 is 0. The van der Waals surface area contributed by atoms with E-state index in [1.165, 1.54) is 11.0 Å². The van der Waals surface area contributed by atoms with Gasteiger partial charge in [0.1, 0.15) is 6.54 Å². The van der Waals surface area contributed by atoms with Gasteiger partial charge in [0.25, 0.3) is 5.91 Å². The van der Waals surface area contributed by atoms with E-state index in [1.807, 2.05) is 18.2 Å². The molecule has 1 heterocycles. The van der Waals surface area contributed by atoms with Gasteiger partial charge in [-0.25, -0.2) is 0 Å². The molecule has 0 saturated heterocycles. The van der Waals surface area contributed by atoms with Crippen molar-refractivity contribution in [2.45, 2.75) is 0 Å². The van der Waals surface area contributed by atoms with E-state index in [0.717, 1.165) is 5.52 Å². The zero-order valence-corrected chi connectivity index (χ0v) is 11.1. The smallest absolute Gasteiger partial charge is 0.323 e. The summed E-state index contributed by atoms with van der Waals surface area (Å²) in [6, 6.07) is 7.32. The maximum Gasteiger partial charge on any atom is 0.323 e. The quantitative estimate of drug-likeness (QED) is 0.833. The van der Waals surface area contributed by atoms with E-state index in [-0.39, 0.29) is 18.8 Å². The van der Waals surface area contributed by atoms with Gasteiger partial charge in [0.05, 0.1) is 5.52 Å². The summed E-state index contributed by atoms with van der Waals surface area (Å²) in [5.41, 5.74) is 1.08. The molecule has 0 radical (unpaired) electrons. The Bertz CT molecular complexity index is 675. The number of nitrogens with zero attached hydrogens (tertiary/aromatic N) is 3. The molecule has 1 aromatic carbocycles. The lowest BCUT2D eigenvalue weighted by molar-refractivity contribution is -0.137. The lowest BCUT2D eigenvalue weighted by Gasteiger charge is -2.17. The molecule has 0 bridgehead atoms. The van der Waals surface area contributed by atoms with E-state index in [9.17, 15) is 9.59 Å². The third kappa shape index (κ3) is 2.54. The summed E-state index contributed by atoms with van der Waals surface area (Å²) in [6.07, 6.45) is 1.49. The Labute approximate surface area is 115 Å². The molecule has 0 aliphatic rings. The van der Waals surface area contributed by atoms with Crippen LogP contribution in [0.5, 0.6) is 0 Å². The Morgan fingerprint density at radius 3 is 2.80 bits per heavy atom. The van der Waals surface area contributed by atoms with E-state index < -0.39 is 11.9 Å². The van der Waals surface area contributed by atoms with Gasteiger partial charge in [0.15, 0.2) is 5.69 Å². The summed E-state index contributed by atoms with van der Waals surface area (Å²) in [6.45, 7) is 3.32. The lowest BCUT2D eigenvalue weighted by atomic mass is 10.2. The van der Waals surface area contributed by atoms with Crippen molar-refractivity contribution in [2.24, 2.45) is 7.05 Å². The highest BCUT2D eigenvalue weighted by Crippen LogP contribution is 2.18. The molecule has 1 N–H and O–H groups in total. The van der Waals surface area contributed by atoms with Gasteiger partial charge in [-0.15, -0.1) is 6.58 Å². The van der Waals surface area contributed by atoms with Crippen molar-refractivity contribution in [3.05, 3.63) is 42.6 Å². The SMILES string of the molecule is C=CCN(CC(=O)O)C(=O)c1nn(C)c2ccccc12. The van der Waals surface area contributed by atoms with Crippen molar-refractivity contribution in [2.75, 3.05) is 13.1 Å². The number of aryl methyl sites for hydroxylation is 1. The number of hydrogen-bond acceptors (Lipinski definition) is 3. The summed E-state index contributed by atoms with van der Waals surface area (Å²) in [5, 5.41) is 13.8. The first-order chi connectivity index (χ1) is 9.54. The number of carboxylic acid groups (broad SMARTS) is 1. The summed E-state index contributed by atoms with van der Waals surface area (Å²) in [5.74, 6) is -1.48. The predicted molar refractivity (Wildman–Crippen MR) is 74.5 cm³/mol. The maximum atomic E-state index is 12.4. The van der Waals surface area contributed by atoms with Crippen molar-refractivity contribution >= 4 is 22.8 Å². The summed E-state index contributed by atoms with van der Waals surface area (Å²) in [4.78, 5) is 24.5. The van der Waals surface area contributed by atoms with Gasteiger partial charge in [-0.2, -0.15) is 5.10 Å². The van der Waals surface area contributed by atoms with Crippen LogP contribution in [-0.4, -0.2) is 44.8 Å². The Kier molecular flexibility index (Phi) is 3.84. The van der Waals surface area contributed by atoms with Crippen molar-refractivity contribution in [3.8, 4) is 0 Å². The topological polar surface area (TPSA) is 75.4 Å². The molecule has 1 aromatic heterocycles. The molecular weight excluding hydrogens is 258 g/mol. The van der Waals surface area contributed by atoms with Crippen LogP contribution in [0.25, 0.3) is 10.9 Å². The first-order valence-corrected chi connectivity index (χ1v) is 6.08. The van der Waals surface area contributed by atoms with Crippen LogP contribution in [0.15, 0.2) is 36.9 Å². The number of aliphatic carboxylic acids is 1. The molecule has 0 saturated carbocycles. The minimum Gasteiger partial charge on any atom is -0.480 e. The van der Waals surface area contributed by atoms with E-state index in [2.05, 4.69) is 11.7 Å². The number of benzene rings is 1. The second-order valence-corrected chi connectivity index (χ2v) is 4.36. The van der Waals surface area contributed by atoms with Crippen LogP contribution in [0.4, 0.5) is 0 Å². The summed E-state index contributed by atoms with van der Waals surface area (Å²) in [7, 11) is 1.74. The normalized spacial score (nSPS) is 10.4. The zero-order chi connectivity index (χ0) is 14.7. The number of rotatable bonds is 5. The van der Waals surface area contributed by atoms with E-state index in [4.69, 9.17) is 5.11 Å². The first-order valence-electron chi connectivity index (χ1n) is 6.08. The Morgan fingerprint density at radius 1 is 1.45 bits per heavy atom. The van der Waals surface area contributed by atoms with E-state index in [0.29, 0.717) is 5.39 Å². The van der Waals surface area contributed by atoms with E-state index in [1.54, 1.807) is 17.8 Å². The molecular formula is C14H15N3O3. The van der Waals surface area contributed by atoms with Gasteiger partial charge in [0, 0.05) is 19.0 Å².